The van der Waals surface area contributed by atoms with Crippen LogP contribution in [0.15, 0.2) is 46.1 Å². The third kappa shape index (κ3) is 7.11. The van der Waals surface area contributed by atoms with Gasteiger partial charge in [-0.25, -0.2) is 0 Å². The Balaban J connectivity index is 0.00000320. The monoisotopic (exact) mass is 544 g/mol. The van der Waals surface area contributed by atoms with E-state index in [9.17, 15) is 0 Å². The second-order valence-corrected chi connectivity index (χ2v) is 8.01. The van der Waals surface area contributed by atoms with Crippen LogP contribution >= 0.6 is 35.3 Å². The number of benzene rings is 1. The average molecular weight is 545 g/mol. The topological polar surface area (TPSA) is 58.1 Å². The molecule has 2 atom stereocenters. The van der Waals surface area contributed by atoms with Crippen molar-refractivity contribution in [1.29, 1.82) is 0 Å². The summed E-state index contributed by atoms with van der Waals surface area (Å²) in [6.07, 6.45) is 0. The van der Waals surface area contributed by atoms with E-state index < -0.39 is 0 Å². The molecule has 8 heteroatoms. The van der Waals surface area contributed by atoms with E-state index in [4.69, 9.17) is 9.47 Å². The lowest BCUT2D eigenvalue weighted by atomic mass is 10.0. The molecule has 1 aliphatic rings. The fourth-order valence-corrected chi connectivity index (χ4v) is 4.29. The van der Waals surface area contributed by atoms with E-state index in [1.807, 2.05) is 19.2 Å². The maximum atomic E-state index is 5.55. The van der Waals surface area contributed by atoms with Gasteiger partial charge in [-0.05, 0) is 46.0 Å². The van der Waals surface area contributed by atoms with Crippen LogP contribution in [-0.4, -0.2) is 64.4 Å². The van der Waals surface area contributed by atoms with Crippen LogP contribution in [0.5, 0.6) is 5.75 Å². The van der Waals surface area contributed by atoms with Crippen molar-refractivity contribution in [2.24, 2.45) is 4.99 Å². The van der Waals surface area contributed by atoms with Crippen molar-refractivity contribution < 1.29 is 9.47 Å². The molecule has 1 saturated heterocycles. The van der Waals surface area contributed by atoms with Crippen LogP contribution < -0.4 is 15.4 Å². The zero-order valence-corrected chi connectivity index (χ0v) is 21.1. The van der Waals surface area contributed by atoms with Crippen molar-refractivity contribution in [2.45, 2.75) is 18.9 Å². The maximum Gasteiger partial charge on any atom is 0.191 e. The Morgan fingerprint density at radius 1 is 1.13 bits per heavy atom. The molecule has 6 nitrogen and oxygen atoms in total. The van der Waals surface area contributed by atoms with E-state index in [1.165, 1.54) is 11.1 Å². The highest BCUT2D eigenvalue weighted by Gasteiger charge is 2.23. The minimum absolute atomic E-state index is 0. The molecule has 2 heterocycles. The fraction of sp³-hybridized carbons (Fsp3) is 0.500. The lowest BCUT2D eigenvalue weighted by molar-refractivity contribution is 0.0170. The maximum absolute atomic E-state index is 5.55. The number of nitrogens with one attached hydrogen (secondary N) is 2. The van der Waals surface area contributed by atoms with Gasteiger partial charge in [0.15, 0.2) is 5.96 Å². The molecule has 1 fully saturated rings. The van der Waals surface area contributed by atoms with Crippen molar-refractivity contribution in [2.75, 3.05) is 53.6 Å². The van der Waals surface area contributed by atoms with E-state index in [2.05, 4.69) is 56.4 Å². The van der Waals surface area contributed by atoms with Crippen molar-refractivity contribution >= 4 is 41.3 Å². The minimum atomic E-state index is 0. The summed E-state index contributed by atoms with van der Waals surface area (Å²) in [4.78, 5) is 6.89. The van der Waals surface area contributed by atoms with Crippen LogP contribution in [0.4, 0.5) is 0 Å². The number of thiophene rings is 1. The highest BCUT2D eigenvalue weighted by molar-refractivity contribution is 14.0. The molecule has 0 saturated carbocycles. The number of rotatable bonds is 8. The zero-order valence-electron chi connectivity index (χ0n) is 18.0. The summed E-state index contributed by atoms with van der Waals surface area (Å²) in [5.41, 5.74) is 2.63. The van der Waals surface area contributed by atoms with Crippen molar-refractivity contribution in [3.8, 4) is 5.75 Å². The van der Waals surface area contributed by atoms with Gasteiger partial charge in [-0.2, -0.15) is 11.3 Å². The van der Waals surface area contributed by atoms with E-state index in [0.29, 0.717) is 5.92 Å². The SMILES string of the molecule is CN=C(NCC(C)c1ccsc1)NCC(c1ccc(OC)cc1)N1CCOCC1.I. The first kappa shape index (κ1) is 24.9. The number of aliphatic imine (C=N–C) groups is 1. The zero-order chi connectivity index (χ0) is 20.5. The summed E-state index contributed by atoms with van der Waals surface area (Å²) in [6, 6.07) is 10.8. The molecule has 166 valence electrons. The van der Waals surface area contributed by atoms with Gasteiger partial charge in [0, 0.05) is 33.2 Å². The molecule has 2 aromatic rings. The predicted molar refractivity (Wildman–Crippen MR) is 136 cm³/mol. The highest BCUT2D eigenvalue weighted by atomic mass is 127. The van der Waals surface area contributed by atoms with Crippen molar-refractivity contribution in [3.63, 3.8) is 0 Å². The van der Waals surface area contributed by atoms with Crippen molar-refractivity contribution in [1.82, 2.24) is 15.5 Å². The van der Waals surface area contributed by atoms with E-state index in [1.54, 1.807) is 18.4 Å². The Kier molecular flexibility index (Phi) is 10.9. The number of nitrogens with zero attached hydrogens (tertiary/aromatic N) is 2. The number of ether oxygens (including phenoxy) is 2. The number of halogens is 1. The molecule has 0 radical (unpaired) electrons. The Hall–Kier alpha value is -1.36. The molecule has 1 aliphatic heterocycles. The highest BCUT2D eigenvalue weighted by Crippen LogP contribution is 2.23. The molecule has 3 rings (SSSR count). The first-order valence-corrected chi connectivity index (χ1v) is 11.1. The number of methoxy groups -OCH3 is 1. The summed E-state index contributed by atoms with van der Waals surface area (Å²) in [6.45, 7) is 7.27. The lowest BCUT2D eigenvalue weighted by Crippen LogP contribution is -2.46. The van der Waals surface area contributed by atoms with Crippen LogP contribution in [0.1, 0.15) is 30.0 Å². The quantitative estimate of drug-likeness (QED) is 0.302. The van der Waals surface area contributed by atoms with Gasteiger partial charge in [0.1, 0.15) is 5.75 Å². The third-order valence-electron chi connectivity index (χ3n) is 5.36. The molecule has 1 aromatic carbocycles. The van der Waals surface area contributed by atoms with E-state index in [-0.39, 0.29) is 30.0 Å². The number of hydrogen-bond donors (Lipinski definition) is 2. The number of morpholine rings is 1. The molecule has 0 spiro atoms. The predicted octanol–water partition coefficient (Wildman–Crippen LogP) is 3.72. The molecular formula is C22H33IN4O2S. The molecule has 0 aliphatic carbocycles. The van der Waals surface area contributed by atoms with Crippen LogP contribution in [-0.2, 0) is 4.74 Å². The summed E-state index contributed by atoms with van der Waals surface area (Å²) >= 11 is 1.74. The van der Waals surface area contributed by atoms with Crippen molar-refractivity contribution in [3.05, 3.63) is 52.2 Å². The smallest absolute Gasteiger partial charge is 0.191 e. The average Bonchev–Trinajstić information content (AvgIpc) is 3.32. The first-order valence-electron chi connectivity index (χ1n) is 10.1. The Morgan fingerprint density at radius 3 is 2.43 bits per heavy atom. The molecule has 2 unspecified atom stereocenters. The van der Waals surface area contributed by atoms with E-state index >= 15 is 0 Å². The van der Waals surface area contributed by atoms with Gasteiger partial charge < -0.3 is 20.1 Å². The minimum Gasteiger partial charge on any atom is -0.497 e. The van der Waals surface area contributed by atoms with Crippen LogP contribution in [0, 0.1) is 0 Å². The van der Waals surface area contributed by atoms with Gasteiger partial charge in [0.05, 0.1) is 26.4 Å². The van der Waals surface area contributed by atoms with Gasteiger partial charge in [0.25, 0.3) is 0 Å². The number of hydrogen-bond acceptors (Lipinski definition) is 5. The summed E-state index contributed by atoms with van der Waals surface area (Å²) in [7, 11) is 3.52. The fourth-order valence-electron chi connectivity index (χ4n) is 3.51. The Labute approximate surface area is 201 Å². The number of guanidine groups is 1. The van der Waals surface area contributed by atoms with E-state index in [0.717, 1.165) is 51.1 Å². The van der Waals surface area contributed by atoms with Gasteiger partial charge in [-0.3, -0.25) is 9.89 Å². The molecular weight excluding hydrogens is 511 g/mol. The Bertz CT molecular complexity index is 749. The first-order chi connectivity index (χ1) is 14.2. The third-order valence-corrected chi connectivity index (χ3v) is 6.06. The summed E-state index contributed by atoms with van der Waals surface area (Å²) in [5, 5.41) is 11.3. The second-order valence-electron chi connectivity index (χ2n) is 7.23. The molecule has 1 aromatic heterocycles. The van der Waals surface area contributed by atoms with Crippen LogP contribution in [0.3, 0.4) is 0 Å². The second kappa shape index (κ2) is 13.1. The summed E-state index contributed by atoms with van der Waals surface area (Å²) in [5.74, 6) is 2.15. The van der Waals surface area contributed by atoms with Gasteiger partial charge in [-0.1, -0.05) is 19.1 Å². The largest absolute Gasteiger partial charge is 0.497 e. The van der Waals surface area contributed by atoms with Gasteiger partial charge >= 0.3 is 0 Å². The Morgan fingerprint density at radius 2 is 1.83 bits per heavy atom. The lowest BCUT2D eigenvalue weighted by Gasteiger charge is -2.35. The standard InChI is InChI=1S/C22H32N4O2S.HI/c1-17(19-8-13-29-16-19)14-24-22(23-2)25-15-21(26-9-11-28-12-10-26)18-4-6-20(27-3)7-5-18;/h4-8,13,16-17,21H,9-12,14-15H2,1-3H3,(H2,23,24,25);1H. The molecule has 0 amide bonds. The van der Waals surface area contributed by atoms with Crippen LogP contribution in [0.25, 0.3) is 0 Å². The normalized spacial score (nSPS) is 17.0. The molecule has 0 bridgehead atoms. The van der Waals surface area contributed by atoms with Gasteiger partial charge in [0.2, 0.25) is 0 Å². The molecule has 30 heavy (non-hydrogen) atoms. The summed E-state index contributed by atoms with van der Waals surface area (Å²) < 4.78 is 10.9. The van der Waals surface area contributed by atoms with Gasteiger partial charge in [-0.15, -0.1) is 24.0 Å². The molecule has 2 N–H and O–H groups in total. The van der Waals surface area contributed by atoms with Crippen LogP contribution in [0.2, 0.25) is 0 Å².